The van der Waals surface area contributed by atoms with Gasteiger partial charge in [-0.3, -0.25) is 0 Å². The Kier molecular flexibility index (Phi) is 7.58. The molecule has 0 aromatic heterocycles. The van der Waals surface area contributed by atoms with E-state index in [2.05, 4.69) is 6.92 Å². The molecule has 3 nitrogen and oxygen atoms in total. The Balaban J connectivity index is 2.38. The fourth-order valence-corrected chi connectivity index (χ4v) is 2.24. The van der Waals surface area contributed by atoms with Gasteiger partial charge in [0, 0.05) is 12.5 Å². The third-order valence-corrected chi connectivity index (χ3v) is 3.56. The molecule has 1 aromatic rings. The van der Waals surface area contributed by atoms with Gasteiger partial charge in [-0.15, -0.1) is 0 Å². The van der Waals surface area contributed by atoms with Crippen molar-refractivity contribution in [1.29, 1.82) is 0 Å². The second-order valence-corrected chi connectivity index (χ2v) is 6.32. The van der Waals surface area contributed by atoms with E-state index in [1.807, 2.05) is 44.2 Å². The van der Waals surface area contributed by atoms with Gasteiger partial charge in [-0.2, -0.15) is 0 Å². The fourth-order valence-electron chi connectivity index (χ4n) is 2.24. The maximum atomic E-state index is 11.9. The van der Waals surface area contributed by atoms with E-state index in [1.165, 1.54) is 6.08 Å². The van der Waals surface area contributed by atoms with Crippen LogP contribution in [0.2, 0.25) is 0 Å². The number of aldehydes is 1. The summed E-state index contributed by atoms with van der Waals surface area (Å²) in [5.41, 5.74) is 0.485. The zero-order valence-electron chi connectivity index (χ0n) is 13.7. The van der Waals surface area contributed by atoms with Gasteiger partial charge in [-0.05, 0) is 44.2 Å². The molecule has 0 fully saturated rings. The third kappa shape index (κ3) is 7.77. The van der Waals surface area contributed by atoms with Crippen molar-refractivity contribution < 1.29 is 14.3 Å². The van der Waals surface area contributed by atoms with Crippen LogP contribution in [0.15, 0.2) is 36.4 Å². The summed E-state index contributed by atoms with van der Waals surface area (Å²) in [7, 11) is 0. The topological polar surface area (TPSA) is 43.4 Å². The summed E-state index contributed by atoms with van der Waals surface area (Å²) in [6.45, 7) is 5.91. The first-order valence-electron chi connectivity index (χ1n) is 7.83. The lowest BCUT2D eigenvalue weighted by Crippen LogP contribution is -2.27. The zero-order valence-corrected chi connectivity index (χ0v) is 13.7. The van der Waals surface area contributed by atoms with Crippen LogP contribution >= 0.6 is 0 Å². The van der Waals surface area contributed by atoms with Crippen molar-refractivity contribution in [1.82, 2.24) is 0 Å². The average Bonchev–Trinajstić information content (AvgIpc) is 2.46. The minimum absolute atomic E-state index is 0.324. The highest BCUT2D eigenvalue weighted by molar-refractivity contribution is 5.87. The van der Waals surface area contributed by atoms with Crippen LogP contribution < -0.4 is 0 Å². The van der Waals surface area contributed by atoms with E-state index in [1.54, 1.807) is 6.08 Å². The van der Waals surface area contributed by atoms with Gasteiger partial charge in [0.2, 0.25) is 0 Å². The van der Waals surface area contributed by atoms with Gasteiger partial charge in [0.15, 0.2) is 0 Å². The molecule has 0 bridgehead atoms. The molecule has 22 heavy (non-hydrogen) atoms. The van der Waals surface area contributed by atoms with Crippen LogP contribution in [0.3, 0.4) is 0 Å². The highest BCUT2D eigenvalue weighted by atomic mass is 16.6. The summed E-state index contributed by atoms with van der Waals surface area (Å²) in [6.07, 6.45) is 7.49. The number of hydrogen-bond donors (Lipinski definition) is 0. The maximum absolute atomic E-state index is 11.9. The first kappa shape index (κ1) is 18.1. The van der Waals surface area contributed by atoms with Gasteiger partial charge in [-0.25, -0.2) is 4.79 Å². The molecule has 0 aliphatic rings. The number of carbonyl (C=O) groups excluding carboxylic acids is 2. The van der Waals surface area contributed by atoms with Crippen molar-refractivity contribution in [2.45, 2.75) is 52.1 Å². The van der Waals surface area contributed by atoms with Crippen LogP contribution in [-0.2, 0) is 14.3 Å². The molecule has 1 rings (SSSR count). The van der Waals surface area contributed by atoms with Crippen molar-refractivity contribution in [3.05, 3.63) is 42.0 Å². The Labute approximate surface area is 133 Å². The first-order valence-corrected chi connectivity index (χ1v) is 7.83. The van der Waals surface area contributed by atoms with E-state index in [9.17, 15) is 9.59 Å². The molecular formula is C19H26O3. The number of ether oxygens (including phenoxy) is 1. The van der Waals surface area contributed by atoms with Crippen molar-refractivity contribution in [2.75, 3.05) is 0 Å². The van der Waals surface area contributed by atoms with Crippen LogP contribution in [0.25, 0.3) is 6.08 Å². The molecule has 1 aromatic carbocycles. The summed E-state index contributed by atoms with van der Waals surface area (Å²) in [5.74, 6) is 0.0665. The van der Waals surface area contributed by atoms with E-state index in [0.29, 0.717) is 12.3 Å². The highest BCUT2D eigenvalue weighted by Crippen LogP contribution is 2.21. The van der Waals surface area contributed by atoms with Crippen LogP contribution in [-0.4, -0.2) is 17.9 Å². The van der Waals surface area contributed by atoms with Gasteiger partial charge >= 0.3 is 5.97 Å². The monoisotopic (exact) mass is 302 g/mol. The summed E-state index contributed by atoms with van der Waals surface area (Å²) >= 11 is 0. The normalized spacial score (nSPS) is 13.0. The Hall–Kier alpha value is -1.90. The van der Waals surface area contributed by atoms with Gasteiger partial charge in [-0.1, -0.05) is 43.7 Å². The van der Waals surface area contributed by atoms with E-state index in [-0.39, 0.29) is 5.97 Å². The van der Waals surface area contributed by atoms with Gasteiger partial charge in [0.05, 0.1) is 0 Å². The summed E-state index contributed by atoms with van der Waals surface area (Å²) < 4.78 is 5.51. The van der Waals surface area contributed by atoms with Crippen LogP contribution in [0.4, 0.5) is 0 Å². The first-order chi connectivity index (χ1) is 10.4. The number of hydrogen-bond acceptors (Lipinski definition) is 3. The Morgan fingerprint density at radius 1 is 1.27 bits per heavy atom. The van der Waals surface area contributed by atoms with Crippen LogP contribution in [0, 0.1) is 5.92 Å². The Bertz CT molecular complexity index is 489. The predicted molar refractivity (Wildman–Crippen MR) is 89.3 cm³/mol. The average molecular weight is 302 g/mol. The lowest BCUT2D eigenvalue weighted by atomic mass is 9.95. The standard InChI is InChI=1S/C19H26O3/c1-16(13-15-20)8-7-14-19(2,3)22-18(21)12-11-17-9-5-4-6-10-17/h4-6,9-12,15-16H,7-8,13-14H2,1-3H3. The molecule has 0 radical (unpaired) electrons. The Morgan fingerprint density at radius 3 is 2.59 bits per heavy atom. The predicted octanol–water partition coefficient (Wildman–Crippen LogP) is 4.42. The lowest BCUT2D eigenvalue weighted by Gasteiger charge is -2.25. The Morgan fingerprint density at radius 2 is 1.95 bits per heavy atom. The second kappa shape index (κ2) is 9.19. The summed E-state index contributed by atoms with van der Waals surface area (Å²) in [6, 6.07) is 9.65. The van der Waals surface area contributed by atoms with Crippen LogP contribution in [0.5, 0.6) is 0 Å². The molecule has 120 valence electrons. The SMILES string of the molecule is CC(CC=O)CCCC(C)(C)OC(=O)C=Cc1ccccc1. The number of rotatable bonds is 9. The maximum Gasteiger partial charge on any atom is 0.331 e. The molecule has 0 N–H and O–H groups in total. The molecule has 0 aliphatic heterocycles. The molecule has 0 spiro atoms. The number of carbonyl (C=O) groups is 2. The molecule has 0 aliphatic carbocycles. The molecule has 0 saturated heterocycles. The summed E-state index contributed by atoms with van der Waals surface area (Å²) in [4.78, 5) is 22.3. The minimum atomic E-state index is -0.487. The smallest absolute Gasteiger partial charge is 0.331 e. The molecule has 1 unspecified atom stereocenters. The van der Waals surface area contributed by atoms with Gasteiger partial charge in [0.1, 0.15) is 11.9 Å². The van der Waals surface area contributed by atoms with E-state index < -0.39 is 5.60 Å². The molecule has 0 heterocycles. The van der Waals surface area contributed by atoms with Crippen molar-refractivity contribution >= 4 is 18.3 Å². The second-order valence-electron chi connectivity index (χ2n) is 6.32. The van der Waals surface area contributed by atoms with E-state index in [4.69, 9.17) is 4.74 Å². The highest BCUT2D eigenvalue weighted by Gasteiger charge is 2.21. The molecule has 3 heteroatoms. The molecular weight excluding hydrogens is 276 g/mol. The van der Waals surface area contributed by atoms with Gasteiger partial charge < -0.3 is 9.53 Å². The van der Waals surface area contributed by atoms with Gasteiger partial charge in [0.25, 0.3) is 0 Å². The van der Waals surface area contributed by atoms with E-state index >= 15 is 0 Å². The van der Waals surface area contributed by atoms with Crippen molar-refractivity contribution in [3.63, 3.8) is 0 Å². The third-order valence-electron chi connectivity index (χ3n) is 3.56. The minimum Gasteiger partial charge on any atom is -0.457 e. The number of esters is 1. The largest absolute Gasteiger partial charge is 0.457 e. The van der Waals surface area contributed by atoms with Crippen molar-refractivity contribution in [3.8, 4) is 0 Å². The van der Waals surface area contributed by atoms with Crippen LogP contribution in [0.1, 0.15) is 52.0 Å². The summed E-state index contributed by atoms with van der Waals surface area (Å²) in [5, 5.41) is 0. The van der Waals surface area contributed by atoms with Crippen molar-refractivity contribution in [2.24, 2.45) is 5.92 Å². The number of benzene rings is 1. The van der Waals surface area contributed by atoms with E-state index in [0.717, 1.165) is 31.1 Å². The molecule has 0 saturated carbocycles. The lowest BCUT2D eigenvalue weighted by molar-refractivity contribution is -0.150. The molecule has 0 amide bonds. The fraction of sp³-hybridized carbons (Fsp3) is 0.474. The quantitative estimate of drug-likeness (QED) is 0.385. The molecule has 1 atom stereocenters. The zero-order chi connectivity index (χ0) is 16.4.